The lowest BCUT2D eigenvalue weighted by molar-refractivity contribution is -0.115. The summed E-state index contributed by atoms with van der Waals surface area (Å²) in [6, 6.07) is 15.4. The average Bonchev–Trinajstić information content (AvgIpc) is 3.01. The number of rotatable bonds is 4. The minimum atomic E-state index is -0.483. The molecule has 0 saturated carbocycles. The number of amides is 1. The van der Waals surface area contributed by atoms with Crippen LogP contribution in [0.4, 0.5) is 0 Å². The summed E-state index contributed by atoms with van der Waals surface area (Å²) >= 11 is 6.28. The molecular weight excluding hydrogens is 362 g/mol. The SMILES string of the molecule is COc1ccc(C2=NC3(CCN(Cc4ccccc4Cl)CC3)NC2=O)cc1. The Morgan fingerprint density at radius 1 is 1.15 bits per heavy atom. The maximum absolute atomic E-state index is 12.5. The minimum Gasteiger partial charge on any atom is -0.497 e. The molecule has 0 aliphatic carbocycles. The highest BCUT2D eigenvalue weighted by Gasteiger charge is 2.42. The van der Waals surface area contributed by atoms with Gasteiger partial charge in [-0.2, -0.15) is 0 Å². The summed E-state index contributed by atoms with van der Waals surface area (Å²) in [7, 11) is 1.63. The number of carbonyl (C=O) groups excluding carboxylic acids is 1. The monoisotopic (exact) mass is 383 g/mol. The molecule has 2 aromatic rings. The number of hydrogen-bond donors (Lipinski definition) is 1. The molecule has 140 valence electrons. The molecule has 0 bridgehead atoms. The Morgan fingerprint density at radius 2 is 1.85 bits per heavy atom. The standard InChI is InChI=1S/C21H22ClN3O2/c1-27-17-8-6-15(7-9-17)19-20(26)24-21(23-19)10-12-25(13-11-21)14-16-4-2-3-5-18(16)22/h2-9H,10-14H2,1H3,(H,24,26). The number of nitrogens with one attached hydrogen (secondary N) is 1. The largest absolute Gasteiger partial charge is 0.497 e. The van der Waals surface area contributed by atoms with Crippen LogP contribution in [0.3, 0.4) is 0 Å². The van der Waals surface area contributed by atoms with Crippen molar-refractivity contribution in [2.75, 3.05) is 20.2 Å². The molecule has 1 fully saturated rings. The summed E-state index contributed by atoms with van der Waals surface area (Å²) in [5, 5.41) is 3.91. The van der Waals surface area contributed by atoms with E-state index < -0.39 is 5.66 Å². The van der Waals surface area contributed by atoms with Crippen LogP contribution >= 0.6 is 11.6 Å². The molecule has 5 nitrogen and oxygen atoms in total. The average molecular weight is 384 g/mol. The van der Waals surface area contributed by atoms with Gasteiger partial charge in [-0.05, 0) is 35.9 Å². The van der Waals surface area contributed by atoms with Gasteiger partial charge in [-0.25, -0.2) is 0 Å². The van der Waals surface area contributed by atoms with Crippen LogP contribution in [-0.2, 0) is 11.3 Å². The number of methoxy groups -OCH3 is 1. The van der Waals surface area contributed by atoms with Gasteiger partial charge < -0.3 is 10.1 Å². The molecular formula is C21H22ClN3O2. The van der Waals surface area contributed by atoms with Crippen molar-refractivity contribution in [2.24, 2.45) is 4.99 Å². The van der Waals surface area contributed by atoms with Gasteiger partial charge in [0, 0.05) is 43.1 Å². The first-order valence-electron chi connectivity index (χ1n) is 9.11. The Labute approximate surface area is 164 Å². The summed E-state index contributed by atoms with van der Waals surface area (Å²) in [6.07, 6.45) is 1.59. The van der Waals surface area contributed by atoms with Gasteiger partial charge in [0.05, 0.1) is 7.11 Å². The molecule has 1 amide bonds. The second kappa shape index (κ2) is 7.33. The van der Waals surface area contributed by atoms with Crippen LogP contribution < -0.4 is 10.1 Å². The zero-order valence-corrected chi connectivity index (χ0v) is 16.0. The Balaban J connectivity index is 1.45. The van der Waals surface area contributed by atoms with Crippen LogP contribution in [0, 0.1) is 0 Å². The number of likely N-dealkylation sites (tertiary alicyclic amines) is 1. The highest BCUT2D eigenvalue weighted by Crippen LogP contribution is 2.30. The number of nitrogens with zero attached hydrogens (tertiary/aromatic N) is 2. The first-order chi connectivity index (χ1) is 13.1. The number of hydrogen-bond acceptors (Lipinski definition) is 4. The van der Waals surface area contributed by atoms with Crippen molar-refractivity contribution in [1.82, 2.24) is 10.2 Å². The third-order valence-electron chi connectivity index (χ3n) is 5.29. The van der Waals surface area contributed by atoms with Crippen molar-refractivity contribution < 1.29 is 9.53 Å². The molecule has 1 spiro atoms. The van der Waals surface area contributed by atoms with Gasteiger partial charge in [0.25, 0.3) is 5.91 Å². The smallest absolute Gasteiger partial charge is 0.272 e. The van der Waals surface area contributed by atoms with Crippen LogP contribution in [0.5, 0.6) is 5.75 Å². The van der Waals surface area contributed by atoms with Crippen molar-refractivity contribution in [3.05, 3.63) is 64.7 Å². The third-order valence-corrected chi connectivity index (χ3v) is 5.65. The fourth-order valence-electron chi connectivity index (χ4n) is 3.69. The number of piperidine rings is 1. The molecule has 4 rings (SSSR count). The molecule has 0 radical (unpaired) electrons. The van der Waals surface area contributed by atoms with Crippen LogP contribution in [-0.4, -0.2) is 42.4 Å². The molecule has 0 unspecified atom stereocenters. The first kappa shape index (κ1) is 18.0. The Morgan fingerprint density at radius 3 is 2.52 bits per heavy atom. The van der Waals surface area contributed by atoms with Crippen molar-refractivity contribution >= 4 is 23.2 Å². The van der Waals surface area contributed by atoms with Crippen LogP contribution in [0.15, 0.2) is 53.5 Å². The summed E-state index contributed by atoms with van der Waals surface area (Å²) in [5.74, 6) is 0.667. The summed E-state index contributed by atoms with van der Waals surface area (Å²) in [6.45, 7) is 2.55. The molecule has 6 heteroatoms. The zero-order chi connectivity index (χ0) is 18.9. The topological polar surface area (TPSA) is 53.9 Å². The van der Waals surface area contributed by atoms with E-state index in [1.54, 1.807) is 7.11 Å². The van der Waals surface area contributed by atoms with Crippen LogP contribution in [0.25, 0.3) is 0 Å². The first-order valence-corrected chi connectivity index (χ1v) is 9.49. The third kappa shape index (κ3) is 3.70. The number of carbonyl (C=O) groups is 1. The molecule has 2 aliphatic rings. The van der Waals surface area contributed by atoms with E-state index >= 15 is 0 Å². The maximum atomic E-state index is 12.5. The molecule has 0 aromatic heterocycles. The summed E-state index contributed by atoms with van der Waals surface area (Å²) < 4.78 is 5.18. The van der Waals surface area contributed by atoms with E-state index in [1.165, 1.54) is 0 Å². The zero-order valence-electron chi connectivity index (χ0n) is 15.2. The lowest BCUT2D eigenvalue weighted by Crippen LogP contribution is -2.50. The molecule has 2 heterocycles. The van der Waals surface area contributed by atoms with Gasteiger partial charge in [-0.3, -0.25) is 14.7 Å². The van der Waals surface area contributed by atoms with Crippen molar-refractivity contribution in [3.63, 3.8) is 0 Å². The molecule has 1 saturated heterocycles. The van der Waals surface area contributed by atoms with Gasteiger partial charge >= 0.3 is 0 Å². The molecule has 2 aromatic carbocycles. The normalized spacial score (nSPS) is 19.0. The predicted octanol–water partition coefficient (Wildman–Crippen LogP) is 3.26. The molecule has 0 atom stereocenters. The number of benzene rings is 2. The van der Waals surface area contributed by atoms with Gasteiger partial charge in [-0.15, -0.1) is 0 Å². The maximum Gasteiger partial charge on any atom is 0.272 e. The highest BCUT2D eigenvalue weighted by atomic mass is 35.5. The van der Waals surface area contributed by atoms with Gasteiger partial charge in [0.1, 0.15) is 17.1 Å². The second-order valence-corrected chi connectivity index (χ2v) is 7.45. The Kier molecular flexibility index (Phi) is 4.89. The lowest BCUT2D eigenvalue weighted by atomic mass is 9.97. The second-order valence-electron chi connectivity index (χ2n) is 7.04. The van der Waals surface area contributed by atoms with Gasteiger partial charge in [0.2, 0.25) is 0 Å². The van der Waals surface area contributed by atoms with Crippen LogP contribution in [0.2, 0.25) is 5.02 Å². The van der Waals surface area contributed by atoms with Crippen molar-refractivity contribution in [1.29, 1.82) is 0 Å². The molecule has 27 heavy (non-hydrogen) atoms. The Hall–Kier alpha value is -2.37. The summed E-state index contributed by atoms with van der Waals surface area (Å²) in [5.41, 5.74) is 1.98. The van der Waals surface area contributed by atoms with E-state index in [0.29, 0.717) is 5.71 Å². The molecule has 1 N–H and O–H groups in total. The van der Waals surface area contributed by atoms with E-state index in [1.807, 2.05) is 42.5 Å². The van der Waals surface area contributed by atoms with E-state index in [0.717, 1.165) is 54.4 Å². The quantitative estimate of drug-likeness (QED) is 0.881. The van der Waals surface area contributed by atoms with Crippen molar-refractivity contribution in [3.8, 4) is 5.75 Å². The summed E-state index contributed by atoms with van der Waals surface area (Å²) in [4.78, 5) is 19.7. The number of ether oxygens (including phenoxy) is 1. The van der Waals surface area contributed by atoms with Crippen LogP contribution in [0.1, 0.15) is 24.0 Å². The van der Waals surface area contributed by atoms with E-state index in [2.05, 4.69) is 16.3 Å². The van der Waals surface area contributed by atoms with E-state index in [-0.39, 0.29) is 5.91 Å². The minimum absolute atomic E-state index is 0.0975. The van der Waals surface area contributed by atoms with Crippen molar-refractivity contribution in [2.45, 2.75) is 25.0 Å². The van der Waals surface area contributed by atoms with E-state index in [9.17, 15) is 4.79 Å². The van der Waals surface area contributed by atoms with Gasteiger partial charge in [-0.1, -0.05) is 29.8 Å². The lowest BCUT2D eigenvalue weighted by Gasteiger charge is -2.37. The Bertz CT molecular complexity index is 871. The van der Waals surface area contributed by atoms with E-state index in [4.69, 9.17) is 21.3 Å². The number of halogens is 1. The highest BCUT2D eigenvalue weighted by molar-refractivity contribution is 6.46. The molecule has 2 aliphatic heterocycles. The van der Waals surface area contributed by atoms with Gasteiger partial charge in [0.15, 0.2) is 0 Å². The fraction of sp³-hybridized carbons (Fsp3) is 0.333. The number of aliphatic imine (C=N–C) groups is 1. The predicted molar refractivity (Wildman–Crippen MR) is 106 cm³/mol. The fourth-order valence-corrected chi connectivity index (χ4v) is 3.89.